The van der Waals surface area contributed by atoms with Gasteiger partial charge in [0.2, 0.25) is 0 Å². The molecule has 1 saturated carbocycles. The zero-order valence-corrected chi connectivity index (χ0v) is 12.0. The summed E-state index contributed by atoms with van der Waals surface area (Å²) in [5.74, 6) is -0.626. The lowest BCUT2D eigenvalue weighted by Crippen LogP contribution is -2.37. The van der Waals surface area contributed by atoms with Crippen molar-refractivity contribution in [1.82, 2.24) is 4.90 Å². The Hall–Kier alpha value is -0.630. The highest BCUT2D eigenvalue weighted by molar-refractivity contribution is 14.1. The summed E-state index contributed by atoms with van der Waals surface area (Å²) >= 11 is 3.65. The average Bonchev–Trinajstić information content (AvgIpc) is 2.96. The Morgan fingerprint density at radius 3 is 2.71 bits per heavy atom. The summed E-state index contributed by atoms with van der Waals surface area (Å²) in [7, 11) is 0. The molecule has 0 aromatic carbocycles. The summed E-state index contributed by atoms with van der Waals surface area (Å²) in [4.78, 5) is 24.3. The first-order chi connectivity index (χ1) is 8.06. The SMILES string of the molecule is O=C(O)CN(CC1CC1)C(=O)c1csc(I)c1. The van der Waals surface area contributed by atoms with Crippen molar-refractivity contribution < 1.29 is 14.7 Å². The van der Waals surface area contributed by atoms with Gasteiger partial charge in [-0.3, -0.25) is 9.59 Å². The maximum Gasteiger partial charge on any atom is 0.323 e. The largest absolute Gasteiger partial charge is 0.480 e. The molecule has 1 heterocycles. The first-order valence-corrected chi connectivity index (χ1v) is 7.27. The summed E-state index contributed by atoms with van der Waals surface area (Å²) in [6, 6.07) is 1.80. The summed E-state index contributed by atoms with van der Waals surface area (Å²) in [5, 5.41) is 10.6. The molecular weight excluding hydrogens is 353 g/mol. The Bertz CT molecular complexity index is 442. The topological polar surface area (TPSA) is 57.6 Å². The highest BCUT2D eigenvalue weighted by Crippen LogP contribution is 2.30. The van der Waals surface area contributed by atoms with Gasteiger partial charge in [-0.1, -0.05) is 0 Å². The van der Waals surface area contributed by atoms with E-state index >= 15 is 0 Å². The monoisotopic (exact) mass is 365 g/mol. The van der Waals surface area contributed by atoms with E-state index in [2.05, 4.69) is 22.6 Å². The molecule has 2 rings (SSSR count). The van der Waals surface area contributed by atoms with Gasteiger partial charge >= 0.3 is 5.97 Å². The van der Waals surface area contributed by atoms with Gasteiger partial charge in [0.1, 0.15) is 6.54 Å². The van der Waals surface area contributed by atoms with Crippen LogP contribution < -0.4 is 0 Å². The van der Waals surface area contributed by atoms with Crippen LogP contribution in [-0.2, 0) is 4.79 Å². The summed E-state index contributed by atoms with van der Waals surface area (Å²) in [6.07, 6.45) is 2.20. The predicted molar refractivity (Wildman–Crippen MR) is 73.3 cm³/mol. The molecule has 0 atom stereocenters. The smallest absolute Gasteiger partial charge is 0.323 e. The molecule has 1 aliphatic rings. The third kappa shape index (κ3) is 3.67. The minimum Gasteiger partial charge on any atom is -0.480 e. The van der Waals surface area contributed by atoms with Gasteiger partial charge in [-0.05, 0) is 47.4 Å². The average molecular weight is 365 g/mol. The molecule has 0 saturated heterocycles. The highest BCUT2D eigenvalue weighted by atomic mass is 127. The van der Waals surface area contributed by atoms with Crippen molar-refractivity contribution in [2.75, 3.05) is 13.1 Å². The van der Waals surface area contributed by atoms with E-state index in [0.29, 0.717) is 18.0 Å². The zero-order chi connectivity index (χ0) is 12.4. The Labute approximate surface area is 117 Å². The fourth-order valence-electron chi connectivity index (χ4n) is 1.60. The van der Waals surface area contributed by atoms with Gasteiger partial charge in [-0.15, -0.1) is 11.3 Å². The van der Waals surface area contributed by atoms with Crippen LogP contribution in [-0.4, -0.2) is 35.0 Å². The number of nitrogens with zero attached hydrogens (tertiary/aromatic N) is 1. The molecule has 17 heavy (non-hydrogen) atoms. The van der Waals surface area contributed by atoms with Crippen molar-refractivity contribution in [2.24, 2.45) is 5.92 Å². The lowest BCUT2D eigenvalue weighted by atomic mass is 10.2. The second-order valence-corrected chi connectivity index (χ2v) is 6.97. The van der Waals surface area contributed by atoms with Crippen molar-refractivity contribution in [2.45, 2.75) is 12.8 Å². The van der Waals surface area contributed by atoms with Gasteiger partial charge in [0.25, 0.3) is 5.91 Å². The predicted octanol–water partition coefficient (Wildman–Crippen LogP) is 2.29. The highest BCUT2D eigenvalue weighted by Gasteiger charge is 2.28. The van der Waals surface area contributed by atoms with E-state index in [0.717, 1.165) is 15.7 Å². The molecular formula is C11H12INO3S. The molecule has 1 amide bonds. The fourth-order valence-corrected chi connectivity index (χ4v) is 2.92. The summed E-state index contributed by atoms with van der Waals surface area (Å²) in [5.41, 5.74) is 0.598. The van der Waals surface area contributed by atoms with Gasteiger partial charge in [0.15, 0.2) is 0 Å². The van der Waals surface area contributed by atoms with Crippen molar-refractivity contribution in [3.8, 4) is 0 Å². The molecule has 0 bridgehead atoms. The normalized spacial score (nSPS) is 14.6. The molecule has 0 radical (unpaired) electrons. The van der Waals surface area contributed by atoms with Crippen LogP contribution in [0.4, 0.5) is 0 Å². The number of amides is 1. The fraction of sp³-hybridized carbons (Fsp3) is 0.455. The van der Waals surface area contributed by atoms with Crippen molar-refractivity contribution in [1.29, 1.82) is 0 Å². The van der Waals surface area contributed by atoms with Crippen LogP contribution in [0.15, 0.2) is 11.4 Å². The molecule has 1 aromatic heterocycles. The first kappa shape index (κ1) is 12.8. The van der Waals surface area contributed by atoms with Crippen molar-refractivity contribution >= 4 is 45.8 Å². The van der Waals surface area contributed by atoms with E-state index < -0.39 is 5.97 Å². The Morgan fingerprint density at radius 1 is 1.53 bits per heavy atom. The van der Waals surface area contributed by atoms with Crippen LogP contribution in [0.1, 0.15) is 23.2 Å². The van der Waals surface area contributed by atoms with Crippen LogP contribution in [0.3, 0.4) is 0 Å². The number of rotatable bonds is 5. The van der Waals surface area contributed by atoms with Gasteiger partial charge in [0.05, 0.1) is 8.45 Å². The molecule has 6 heteroatoms. The molecule has 0 unspecified atom stereocenters. The second-order valence-electron chi connectivity index (χ2n) is 4.16. The van der Waals surface area contributed by atoms with E-state index in [1.807, 2.05) is 0 Å². The number of hydrogen-bond donors (Lipinski definition) is 1. The minimum atomic E-state index is -0.955. The summed E-state index contributed by atoms with van der Waals surface area (Å²) in [6.45, 7) is 0.360. The van der Waals surface area contributed by atoms with Crippen molar-refractivity contribution in [3.05, 3.63) is 19.9 Å². The third-order valence-electron chi connectivity index (χ3n) is 2.60. The molecule has 1 aromatic rings. The molecule has 1 aliphatic carbocycles. The zero-order valence-electron chi connectivity index (χ0n) is 9.06. The van der Waals surface area contributed by atoms with E-state index in [1.165, 1.54) is 16.2 Å². The van der Waals surface area contributed by atoms with Gasteiger partial charge in [-0.2, -0.15) is 0 Å². The first-order valence-electron chi connectivity index (χ1n) is 5.31. The Balaban J connectivity index is 2.07. The number of hydrogen-bond acceptors (Lipinski definition) is 3. The van der Waals surface area contributed by atoms with E-state index in [-0.39, 0.29) is 12.5 Å². The second kappa shape index (κ2) is 5.34. The third-order valence-corrected chi connectivity index (χ3v) is 4.39. The number of carbonyl (C=O) groups excluding carboxylic acids is 1. The lowest BCUT2D eigenvalue weighted by molar-refractivity contribution is -0.137. The van der Waals surface area contributed by atoms with E-state index in [9.17, 15) is 9.59 Å². The Morgan fingerprint density at radius 2 is 2.24 bits per heavy atom. The Kier molecular flexibility index (Phi) is 4.03. The molecule has 0 aliphatic heterocycles. The maximum atomic E-state index is 12.1. The number of thiophene rings is 1. The number of aliphatic carboxylic acids is 1. The molecule has 1 fully saturated rings. The molecule has 1 N–H and O–H groups in total. The van der Waals surface area contributed by atoms with Crippen molar-refractivity contribution in [3.63, 3.8) is 0 Å². The van der Waals surface area contributed by atoms with E-state index in [4.69, 9.17) is 5.11 Å². The quantitative estimate of drug-likeness (QED) is 0.815. The lowest BCUT2D eigenvalue weighted by Gasteiger charge is -2.19. The molecule has 4 nitrogen and oxygen atoms in total. The minimum absolute atomic E-state index is 0.168. The van der Waals surface area contributed by atoms with Crippen LogP contribution in [0, 0.1) is 8.80 Å². The number of halogens is 1. The van der Waals surface area contributed by atoms with Crippen LogP contribution >= 0.6 is 33.9 Å². The number of carboxylic acids is 1. The molecule has 0 spiro atoms. The number of carbonyl (C=O) groups is 2. The van der Waals surface area contributed by atoms with Crippen LogP contribution in [0.5, 0.6) is 0 Å². The standard InChI is InChI=1S/C11H12INO3S/c12-9-3-8(6-17-9)11(16)13(5-10(14)15)4-7-1-2-7/h3,6-7H,1-2,4-5H2,(H,14,15). The van der Waals surface area contributed by atoms with Gasteiger partial charge < -0.3 is 10.0 Å². The van der Waals surface area contributed by atoms with Gasteiger partial charge in [-0.25, -0.2) is 0 Å². The molecule has 92 valence electrons. The number of carboxylic acid groups (broad SMARTS) is 1. The van der Waals surface area contributed by atoms with Gasteiger partial charge in [0, 0.05) is 11.9 Å². The summed E-state index contributed by atoms with van der Waals surface area (Å²) < 4.78 is 1.03. The maximum absolute atomic E-state index is 12.1. The van der Waals surface area contributed by atoms with Crippen LogP contribution in [0.25, 0.3) is 0 Å². The van der Waals surface area contributed by atoms with E-state index in [1.54, 1.807) is 11.4 Å². The van der Waals surface area contributed by atoms with Crippen LogP contribution in [0.2, 0.25) is 0 Å².